The maximum Gasteiger partial charge on any atom is 0.325 e. The third kappa shape index (κ3) is 3.45. The van der Waals surface area contributed by atoms with E-state index in [1.54, 1.807) is 17.0 Å². The number of rotatable bonds is 5. The van der Waals surface area contributed by atoms with Gasteiger partial charge in [0, 0.05) is 30.3 Å². The molecule has 8 nitrogen and oxygen atoms in total. The molecule has 0 radical (unpaired) electrons. The van der Waals surface area contributed by atoms with Gasteiger partial charge in [-0.1, -0.05) is 41.6 Å². The van der Waals surface area contributed by atoms with E-state index in [9.17, 15) is 4.79 Å². The first-order valence-corrected chi connectivity index (χ1v) is 10.7. The van der Waals surface area contributed by atoms with Crippen LogP contribution in [0.15, 0.2) is 46.6 Å². The topological polar surface area (TPSA) is 112 Å². The second-order valence-corrected chi connectivity index (χ2v) is 8.30. The minimum Gasteiger partial charge on any atom is -0.372 e. The molecule has 5 rings (SSSR count). The molecule has 0 unspecified atom stereocenters. The Labute approximate surface area is 180 Å². The van der Waals surface area contributed by atoms with Crippen LogP contribution in [0.5, 0.6) is 0 Å². The zero-order valence-corrected chi connectivity index (χ0v) is 17.3. The number of nitrogens with one attached hydrogen (secondary N) is 1. The van der Waals surface area contributed by atoms with E-state index < -0.39 is 0 Å². The Bertz CT molecular complexity index is 1320. The van der Waals surface area contributed by atoms with Crippen LogP contribution in [0.2, 0.25) is 5.02 Å². The number of halogens is 1. The van der Waals surface area contributed by atoms with Crippen LogP contribution >= 0.6 is 23.4 Å². The number of aromatic nitrogens is 5. The minimum atomic E-state index is -0.147. The van der Waals surface area contributed by atoms with E-state index in [1.165, 1.54) is 11.8 Å². The quantitative estimate of drug-likeness (QED) is 0.458. The van der Waals surface area contributed by atoms with Crippen molar-refractivity contribution in [1.82, 2.24) is 24.5 Å². The lowest BCUT2D eigenvalue weighted by atomic mass is 9.94. The van der Waals surface area contributed by atoms with Crippen LogP contribution in [0.25, 0.3) is 22.2 Å². The van der Waals surface area contributed by atoms with E-state index in [1.807, 2.05) is 18.2 Å². The van der Waals surface area contributed by atoms with Crippen LogP contribution in [-0.4, -0.2) is 30.3 Å². The van der Waals surface area contributed by atoms with Crippen LogP contribution in [0.1, 0.15) is 11.1 Å². The van der Waals surface area contributed by atoms with Gasteiger partial charge in [0.1, 0.15) is 0 Å². The molecule has 3 N–H and O–H groups in total. The summed E-state index contributed by atoms with van der Waals surface area (Å²) in [5, 5.41) is 3.13. The molecule has 2 aromatic carbocycles. The molecule has 0 amide bonds. The molecule has 3 heterocycles. The first kappa shape index (κ1) is 19.1. The van der Waals surface area contributed by atoms with Crippen molar-refractivity contribution in [3.63, 3.8) is 0 Å². The van der Waals surface area contributed by atoms with Gasteiger partial charge in [-0.2, -0.15) is 9.97 Å². The van der Waals surface area contributed by atoms with Crippen molar-refractivity contribution >= 4 is 40.1 Å². The lowest BCUT2D eigenvalue weighted by Crippen LogP contribution is -2.17. The standard InChI is InChI=1S/C20H17ClN6O2S/c21-14-8-12-10-29-9-11-2-1-3-13(15(11)12)16(14)17-24-18(22)26-19(25-17)30-7-6-27-5-4-23-20(27)28/h1-5,8H,6-7,9-10H2,(H,23,28)(H2,22,24,25,26). The van der Waals surface area contributed by atoms with Crippen molar-refractivity contribution in [3.05, 3.63) is 63.3 Å². The molecule has 10 heteroatoms. The number of thioether (sulfide) groups is 1. The number of nitrogen functional groups attached to an aromatic ring is 1. The molecule has 1 aliphatic rings. The first-order chi connectivity index (χ1) is 14.6. The van der Waals surface area contributed by atoms with Crippen LogP contribution in [0, 0.1) is 0 Å². The Morgan fingerprint density at radius 3 is 2.93 bits per heavy atom. The van der Waals surface area contributed by atoms with Crippen LogP contribution in [0.4, 0.5) is 5.95 Å². The Kier molecular flexibility index (Phi) is 4.93. The van der Waals surface area contributed by atoms with E-state index in [-0.39, 0.29) is 11.6 Å². The van der Waals surface area contributed by atoms with Crippen molar-refractivity contribution < 1.29 is 4.74 Å². The van der Waals surface area contributed by atoms with Crippen LogP contribution < -0.4 is 11.4 Å². The Morgan fingerprint density at radius 2 is 2.10 bits per heavy atom. The molecule has 4 aromatic rings. The lowest BCUT2D eigenvalue weighted by molar-refractivity contribution is 0.103. The molecule has 0 aliphatic carbocycles. The third-order valence-corrected chi connectivity index (χ3v) is 6.06. The molecule has 30 heavy (non-hydrogen) atoms. The fourth-order valence-corrected chi connectivity index (χ4v) is 4.75. The molecule has 0 bridgehead atoms. The van der Waals surface area contributed by atoms with Gasteiger partial charge in [-0.05, 0) is 28.0 Å². The number of hydrogen-bond donors (Lipinski definition) is 2. The van der Waals surface area contributed by atoms with Gasteiger partial charge < -0.3 is 15.5 Å². The van der Waals surface area contributed by atoms with Crippen molar-refractivity contribution in [2.45, 2.75) is 24.9 Å². The van der Waals surface area contributed by atoms with E-state index in [4.69, 9.17) is 22.1 Å². The summed E-state index contributed by atoms with van der Waals surface area (Å²) in [4.78, 5) is 27.4. The van der Waals surface area contributed by atoms with Gasteiger partial charge in [0.05, 0.1) is 18.2 Å². The number of anilines is 1. The summed E-state index contributed by atoms with van der Waals surface area (Å²) in [5.41, 5.74) is 8.73. The monoisotopic (exact) mass is 440 g/mol. The van der Waals surface area contributed by atoms with E-state index in [0.29, 0.717) is 41.5 Å². The number of H-pyrrole nitrogens is 1. The maximum absolute atomic E-state index is 11.6. The number of aryl methyl sites for hydroxylation is 1. The number of nitrogens with two attached hydrogens (primary N) is 1. The highest BCUT2D eigenvalue weighted by atomic mass is 35.5. The molecule has 152 valence electrons. The van der Waals surface area contributed by atoms with Gasteiger partial charge >= 0.3 is 5.69 Å². The average Bonchev–Trinajstić information content (AvgIpc) is 3.13. The Morgan fingerprint density at radius 1 is 1.23 bits per heavy atom. The van der Waals surface area contributed by atoms with Crippen molar-refractivity contribution in [3.8, 4) is 11.4 Å². The summed E-state index contributed by atoms with van der Waals surface area (Å²) in [7, 11) is 0. The molecule has 2 aromatic heterocycles. The highest BCUT2D eigenvalue weighted by Crippen LogP contribution is 2.39. The molecule has 0 saturated carbocycles. The zero-order chi connectivity index (χ0) is 20.7. The fourth-order valence-electron chi connectivity index (χ4n) is 3.65. The van der Waals surface area contributed by atoms with Crippen LogP contribution in [-0.2, 0) is 24.5 Å². The molecule has 0 spiro atoms. The Hall–Kier alpha value is -2.88. The first-order valence-electron chi connectivity index (χ1n) is 9.29. The third-order valence-electron chi connectivity index (χ3n) is 4.94. The summed E-state index contributed by atoms with van der Waals surface area (Å²) in [6, 6.07) is 7.95. The molecular weight excluding hydrogens is 424 g/mol. The number of ether oxygens (including phenoxy) is 1. The second-order valence-electron chi connectivity index (χ2n) is 6.83. The average molecular weight is 441 g/mol. The van der Waals surface area contributed by atoms with Crippen molar-refractivity contribution in [2.75, 3.05) is 11.5 Å². The molecule has 0 saturated heterocycles. The predicted octanol–water partition coefficient (Wildman–Crippen LogP) is 3.24. The summed E-state index contributed by atoms with van der Waals surface area (Å²) in [5.74, 6) is 1.17. The largest absolute Gasteiger partial charge is 0.372 e. The maximum atomic E-state index is 11.6. The predicted molar refractivity (Wildman–Crippen MR) is 116 cm³/mol. The van der Waals surface area contributed by atoms with Gasteiger partial charge in [-0.3, -0.25) is 4.57 Å². The van der Waals surface area contributed by atoms with Gasteiger partial charge in [0.25, 0.3) is 0 Å². The second kappa shape index (κ2) is 7.75. The van der Waals surface area contributed by atoms with Gasteiger partial charge in [0.15, 0.2) is 11.0 Å². The van der Waals surface area contributed by atoms with Crippen LogP contribution in [0.3, 0.4) is 0 Å². The smallest absolute Gasteiger partial charge is 0.325 e. The number of aromatic amines is 1. The number of hydrogen-bond acceptors (Lipinski definition) is 7. The van der Waals surface area contributed by atoms with Crippen molar-refractivity contribution in [1.29, 1.82) is 0 Å². The highest BCUT2D eigenvalue weighted by molar-refractivity contribution is 7.99. The van der Waals surface area contributed by atoms with E-state index in [0.717, 1.165) is 27.5 Å². The summed E-state index contributed by atoms with van der Waals surface area (Å²) in [6.07, 6.45) is 3.31. The SMILES string of the molecule is Nc1nc(SCCn2cc[nH]c2=O)nc(-c2c(Cl)cc3c4c(cccc24)COC3)n1. The Balaban J connectivity index is 1.53. The lowest BCUT2D eigenvalue weighted by Gasteiger charge is -2.20. The molecule has 1 aliphatic heterocycles. The zero-order valence-electron chi connectivity index (χ0n) is 15.8. The van der Waals surface area contributed by atoms with E-state index >= 15 is 0 Å². The van der Waals surface area contributed by atoms with Gasteiger partial charge in [-0.25, -0.2) is 9.78 Å². The number of nitrogens with zero attached hydrogens (tertiary/aromatic N) is 4. The fraction of sp³-hybridized carbons (Fsp3) is 0.200. The van der Waals surface area contributed by atoms with Crippen molar-refractivity contribution in [2.24, 2.45) is 0 Å². The number of imidazole rings is 1. The van der Waals surface area contributed by atoms with E-state index in [2.05, 4.69) is 26.0 Å². The number of benzene rings is 2. The summed E-state index contributed by atoms with van der Waals surface area (Å²) >= 11 is 8.05. The van der Waals surface area contributed by atoms with Gasteiger partial charge in [0.2, 0.25) is 5.95 Å². The normalized spacial score (nSPS) is 13.1. The minimum absolute atomic E-state index is 0.126. The summed E-state index contributed by atoms with van der Waals surface area (Å²) < 4.78 is 7.25. The molecule has 0 fully saturated rings. The summed E-state index contributed by atoms with van der Waals surface area (Å²) in [6.45, 7) is 1.60. The highest BCUT2D eigenvalue weighted by Gasteiger charge is 2.21. The van der Waals surface area contributed by atoms with Gasteiger partial charge in [-0.15, -0.1) is 0 Å². The molecular formula is C20H17ClN6O2S. The molecule has 0 atom stereocenters.